The van der Waals surface area contributed by atoms with Crippen LogP contribution in [-0.4, -0.2) is 19.0 Å². The van der Waals surface area contributed by atoms with Crippen LogP contribution in [0.15, 0.2) is 27.8 Å². The van der Waals surface area contributed by atoms with E-state index in [1.54, 1.807) is 6.07 Å². The molecular weight excluding hydrogens is 291 g/mol. The molecule has 0 fully saturated rings. The molecule has 0 unspecified atom stereocenters. The van der Waals surface area contributed by atoms with Crippen molar-refractivity contribution in [1.29, 1.82) is 0 Å². The molecule has 1 amide bonds. The molecule has 7 heteroatoms. The first-order valence-corrected chi connectivity index (χ1v) is 5.69. The Bertz CT molecular complexity index is 439. The van der Waals surface area contributed by atoms with Crippen LogP contribution >= 0.6 is 15.9 Å². The number of amides is 1. The smallest absolute Gasteiger partial charge is 0.255 e. The van der Waals surface area contributed by atoms with Gasteiger partial charge in [-0.05, 0) is 40.0 Å². The molecule has 1 aromatic rings. The summed E-state index contributed by atoms with van der Waals surface area (Å²) in [4.78, 5) is 14.2. The largest absolute Gasteiger partial charge is 0.352 e. The van der Waals surface area contributed by atoms with Crippen LogP contribution < -0.4 is 5.32 Å². The van der Waals surface area contributed by atoms with Crippen molar-refractivity contribution in [3.63, 3.8) is 0 Å². The number of hydrogen-bond acceptors (Lipinski definition) is 2. The number of halogens is 2. The number of nitrogens with one attached hydrogen (secondary N) is 1. The summed E-state index contributed by atoms with van der Waals surface area (Å²) in [5.74, 6) is -1.07. The SMILES string of the molecule is [N-]=[N+]=NCCCNC(=O)c1c(F)cccc1Br. The van der Waals surface area contributed by atoms with E-state index in [1.165, 1.54) is 12.1 Å². The van der Waals surface area contributed by atoms with E-state index in [0.29, 0.717) is 24.0 Å². The average molecular weight is 301 g/mol. The maximum Gasteiger partial charge on any atom is 0.255 e. The summed E-state index contributed by atoms with van der Waals surface area (Å²) in [6.45, 7) is 0.633. The fourth-order valence-electron chi connectivity index (χ4n) is 1.20. The third kappa shape index (κ3) is 4.05. The summed E-state index contributed by atoms with van der Waals surface area (Å²) in [7, 11) is 0. The molecule has 1 N–H and O–H groups in total. The second-order valence-corrected chi connectivity index (χ2v) is 4.01. The molecule has 0 aliphatic carbocycles. The Kier molecular flexibility index (Phi) is 5.45. The van der Waals surface area contributed by atoms with E-state index in [-0.39, 0.29) is 5.56 Å². The molecule has 0 spiro atoms. The second kappa shape index (κ2) is 6.88. The van der Waals surface area contributed by atoms with Gasteiger partial charge in [0.25, 0.3) is 5.91 Å². The number of benzene rings is 1. The minimum absolute atomic E-state index is 0.0173. The van der Waals surface area contributed by atoms with Gasteiger partial charge in [-0.15, -0.1) is 0 Å². The number of azide groups is 1. The molecule has 5 nitrogen and oxygen atoms in total. The van der Waals surface area contributed by atoms with Gasteiger partial charge in [-0.3, -0.25) is 4.79 Å². The molecule has 1 rings (SSSR count). The highest BCUT2D eigenvalue weighted by Crippen LogP contribution is 2.19. The Balaban J connectivity index is 2.55. The highest BCUT2D eigenvalue weighted by atomic mass is 79.9. The maximum atomic E-state index is 13.4. The zero-order chi connectivity index (χ0) is 12.7. The predicted molar refractivity (Wildman–Crippen MR) is 65.1 cm³/mol. The number of carbonyl (C=O) groups is 1. The molecular formula is C10H10BrFN4O. The first kappa shape index (κ1) is 13.5. The van der Waals surface area contributed by atoms with Crippen molar-refractivity contribution in [1.82, 2.24) is 5.32 Å². The van der Waals surface area contributed by atoms with Gasteiger partial charge in [0.1, 0.15) is 5.82 Å². The van der Waals surface area contributed by atoms with Crippen LogP contribution in [0, 0.1) is 5.82 Å². The number of nitrogens with zero attached hydrogens (tertiary/aromatic N) is 3. The molecule has 0 saturated heterocycles. The highest BCUT2D eigenvalue weighted by Gasteiger charge is 2.14. The lowest BCUT2D eigenvalue weighted by molar-refractivity contribution is 0.0948. The predicted octanol–water partition coefficient (Wildman–Crippen LogP) is 3.02. The van der Waals surface area contributed by atoms with Crippen molar-refractivity contribution >= 4 is 21.8 Å². The number of rotatable bonds is 5. The summed E-state index contributed by atoms with van der Waals surface area (Å²) >= 11 is 3.11. The molecule has 0 aliphatic heterocycles. The molecule has 0 radical (unpaired) electrons. The van der Waals surface area contributed by atoms with E-state index in [4.69, 9.17) is 5.53 Å². The van der Waals surface area contributed by atoms with Crippen molar-refractivity contribution in [3.8, 4) is 0 Å². The summed E-state index contributed by atoms with van der Waals surface area (Å²) in [5, 5.41) is 5.87. The lowest BCUT2D eigenvalue weighted by Crippen LogP contribution is -2.26. The Hall–Kier alpha value is -1.59. The van der Waals surface area contributed by atoms with Gasteiger partial charge in [-0.1, -0.05) is 11.2 Å². The Morgan fingerprint density at radius 1 is 1.59 bits per heavy atom. The topological polar surface area (TPSA) is 77.9 Å². The van der Waals surface area contributed by atoms with Crippen LogP contribution in [0.3, 0.4) is 0 Å². The molecule has 0 aromatic heterocycles. The maximum absolute atomic E-state index is 13.4. The molecule has 90 valence electrons. The number of hydrogen-bond donors (Lipinski definition) is 1. The minimum Gasteiger partial charge on any atom is -0.352 e. The molecule has 0 heterocycles. The summed E-state index contributed by atoms with van der Waals surface area (Å²) in [6.07, 6.45) is 0.516. The van der Waals surface area contributed by atoms with Crippen molar-refractivity contribution in [2.24, 2.45) is 5.11 Å². The van der Waals surface area contributed by atoms with Crippen LogP contribution in [-0.2, 0) is 0 Å². The van der Waals surface area contributed by atoms with E-state index < -0.39 is 11.7 Å². The number of carbonyl (C=O) groups excluding carboxylic acids is 1. The molecule has 17 heavy (non-hydrogen) atoms. The van der Waals surface area contributed by atoms with Gasteiger partial charge in [-0.25, -0.2) is 4.39 Å². The molecule has 0 bridgehead atoms. The third-order valence-corrected chi connectivity index (χ3v) is 2.63. The fourth-order valence-corrected chi connectivity index (χ4v) is 1.72. The van der Waals surface area contributed by atoms with Gasteiger partial charge in [0.15, 0.2) is 0 Å². The first-order chi connectivity index (χ1) is 8.16. The van der Waals surface area contributed by atoms with Crippen molar-refractivity contribution in [2.45, 2.75) is 6.42 Å². The summed E-state index contributed by atoms with van der Waals surface area (Å²) in [6, 6.07) is 4.33. The van der Waals surface area contributed by atoms with E-state index in [2.05, 4.69) is 31.3 Å². The average Bonchev–Trinajstić information content (AvgIpc) is 2.28. The summed E-state index contributed by atoms with van der Waals surface area (Å²) in [5.41, 5.74) is 8.02. The van der Waals surface area contributed by atoms with Gasteiger partial charge < -0.3 is 5.32 Å². The quantitative estimate of drug-likeness (QED) is 0.386. The molecule has 0 aliphatic rings. The normalized spacial score (nSPS) is 9.53. The van der Waals surface area contributed by atoms with E-state index >= 15 is 0 Å². The minimum atomic E-state index is -0.577. The van der Waals surface area contributed by atoms with Crippen LogP contribution in [0.2, 0.25) is 0 Å². The van der Waals surface area contributed by atoms with Gasteiger partial charge in [-0.2, -0.15) is 0 Å². The van der Waals surface area contributed by atoms with Gasteiger partial charge in [0, 0.05) is 22.5 Å². The van der Waals surface area contributed by atoms with Crippen LogP contribution in [0.5, 0.6) is 0 Å². The van der Waals surface area contributed by atoms with Crippen molar-refractivity contribution in [2.75, 3.05) is 13.1 Å². The molecule has 0 atom stereocenters. The first-order valence-electron chi connectivity index (χ1n) is 4.90. The van der Waals surface area contributed by atoms with Gasteiger partial charge >= 0.3 is 0 Å². The molecule has 1 aromatic carbocycles. The van der Waals surface area contributed by atoms with Crippen LogP contribution in [0.25, 0.3) is 10.4 Å². The van der Waals surface area contributed by atoms with Crippen molar-refractivity contribution in [3.05, 3.63) is 44.5 Å². The third-order valence-electron chi connectivity index (χ3n) is 1.97. The Morgan fingerprint density at radius 3 is 3.00 bits per heavy atom. The Morgan fingerprint density at radius 2 is 2.35 bits per heavy atom. The Labute approximate surface area is 106 Å². The van der Waals surface area contributed by atoms with Gasteiger partial charge in [0.05, 0.1) is 5.56 Å². The van der Waals surface area contributed by atoms with E-state index in [9.17, 15) is 9.18 Å². The fraction of sp³-hybridized carbons (Fsp3) is 0.300. The standard InChI is InChI=1S/C10H10BrFN4O/c11-7-3-1-4-8(12)9(7)10(17)14-5-2-6-15-16-13/h1,3-4H,2,5-6H2,(H,14,17). The zero-order valence-electron chi connectivity index (χ0n) is 8.86. The van der Waals surface area contributed by atoms with E-state index in [0.717, 1.165) is 0 Å². The lowest BCUT2D eigenvalue weighted by atomic mass is 10.2. The van der Waals surface area contributed by atoms with Crippen molar-refractivity contribution < 1.29 is 9.18 Å². The highest BCUT2D eigenvalue weighted by molar-refractivity contribution is 9.10. The summed E-state index contributed by atoms with van der Waals surface area (Å²) < 4.78 is 13.8. The van der Waals surface area contributed by atoms with Crippen LogP contribution in [0.1, 0.15) is 16.8 Å². The van der Waals surface area contributed by atoms with E-state index in [1.807, 2.05) is 0 Å². The van der Waals surface area contributed by atoms with Gasteiger partial charge in [0.2, 0.25) is 0 Å². The second-order valence-electron chi connectivity index (χ2n) is 3.16. The lowest BCUT2D eigenvalue weighted by Gasteiger charge is -2.06. The van der Waals surface area contributed by atoms with Crippen LogP contribution in [0.4, 0.5) is 4.39 Å². The monoisotopic (exact) mass is 300 g/mol. The zero-order valence-corrected chi connectivity index (χ0v) is 10.4. The molecule has 0 saturated carbocycles.